The lowest BCUT2D eigenvalue weighted by Crippen LogP contribution is -1.97. The number of para-hydroxylation sites is 2. The summed E-state index contributed by atoms with van der Waals surface area (Å²) in [4.78, 5) is 0.848. The van der Waals surface area contributed by atoms with Gasteiger partial charge in [-0.15, -0.1) is 11.3 Å². The number of rotatable bonds is 7. The Morgan fingerprint density at radius 2 is 1.97 bits per heavy atom. The average Bonchev–Trinajstić information content (AvgIpc) is 3.06. The Morgan fingerprint density at radius 1 is 1.24 bits per heavy atom. The van der Waals surface area contributed by atoms with Crippen molar-refractivity contribution in [2.45, 2.75) is 6.42 Å². The van der Waals surface area contributed by atoms with Crippen LogP contribution in [-0.2, 0) is 6.42 Å². The van der Waals surface area contributed by atoms with Crippen molar-refractivity contribution in [1.29, 1.82) is 5.26 Å². The molecule has 0 bridgehead atoms. The van der Waals surface area contributed by atoms with E-state index in [0.29, 0.717) is 34.1 Å². The largest absolute Gasteiger partial charge is 0.495 e. The maximum Gasteiger partial charge on any atom is 0.142 e. The zero-order chi connectivity index (χ0) is 20.6. The van der Waals surface area contributed by atoms with Crippen molar-refractivity contribution >= 4 is 33.4 Å². The molecular weight excluding hydrogens is 384 g/mol. The van der Waals surface area contributed by atoms with E-state index in [4.69, 9.17) is 10.5 Å². The SMILES string of the molecule is COc1ccccc1Nc1sc(C/C=C/C(=N\O)c2ccccc2)c(N)c1C#N. The van der Waals surface area contributed by atoms with Gasteiger partial charge in [-0.1, -0.05) is 53.7 Å². The van der Waals surface area contributed by atoms with Crippen molar-refractivity contribution in [1.82, 2.24) is 0 Å². The molecule has 0 fully saturated rings. The Balaban J connectivity index is 1.81. The minimum absolute atomic E-state index is 0.406. The summed E-state index contributed by atoms with van der Waals surface area (Å²) >= 11 is 1.41. The summed E-state index contributed by atoms with van der Waals surface area (Å²) < 4.78 is 5.35. The molecule has 0 aliphatic carbocycles. The number of oxime groups is 1. The molecule has 0 unspecified atom stereocenters. The van der Waals surface area contributed by atoms with Crippen LogP contribution in [0.3, 0.4) is 0 Å². The highest BCUT2D eigenvalue weighted by Gasteiger charge is 2.16. The van der Waals surface area contributed by atoms with Gasteiger partial charge in [0.2, 0.25) is 0 Å². The van der Waals surface area contributed by atoms with Crippen molar-refractivity contribution in [2.75, 3.05) is 18.2 Å². The summed E-state index contributed by atoms with van der Waals surface area (Å²) in [6, 6.07) is 19.0. The molecule has 1 heterocycles. The van der Waals surface area contributed by atoms with Crippen LogP contribution in [0.1, 0.15) is 16.0 Å². The molecule has 2 aromatic carbocycles. The molecular formula is C22H20N4O2S. The summed E-state index contributed by atoms with van der Waals surface area (Å²) in [6.07, 6.45) is 4.09. The van der Waals surface area contributed by atoms with Gasteiger partial charge in [-0.2, -0.15) is 5.26 Å². The summed E-state index contributed by atoms with van der Waals surface area (Å²) in [5, 5.41) is 26.1. The van der Waals surface area contributed by atoms with Gasteiger partial charge >= 0.3 is 0 Å². The highest BCUT2D eigenvalue weighted by atomic mass is 32.1. The van der Waals surface area contributed by atoms with Gasteiger partial charge in [0.15, 0.2) is 0 Å². The van der Waals surface area contributed by atoms with E-state index in [1.54, 1.807) is 13.2 Å². The number of thiophene rings is 1. The minimum atomic E-state index is 0.406. The predicted octanol–water partition coefficient (Wildman–Crippen LogP) is 4.93. The quantitative estimate of drug-likeness (QED) is 0.294. The normalized spacial score (nSPS) is 11.4. The monoisotopic (exact) mass is 404 g/mol. The molecule has 6 nitrogen and oxygen atoms in total. The second kappa shape index (κ2) is 9.44. The lowest BCUT2D eigenvalue weighted by molar-refractivity contribution is 0.320. The number of hydrogen-bond acceptors (Lipinski definition) is 7. The van der Waals surface area contributed by atoms with Crippen LogP contribution in [0.5, 0.6) is 5.75 Å². The number of benzene rings is 2. The molecule has 0 saturated heterocycles. The first kappa shape index (κ1) is 20.0. The zero-order valence-corrected chi connectivity index (χ0v) is 16.6. The Labute approximate surface area is 173 Å². The second-order valence-electron chi connectivity index (χ2n) is 6.04. The number of nitrogen functional groups attached to an aromatic ring is 1. The molecule has 7 heteroatoms. The third kappa shape index (κ3) is 4.57. The first-order chi connectivity index (χ1) is 14.2. The number of nitrogens with one attached hydrogen (secondary N) is 1. The van der Waals surface area contributed by atoms with E-state index in [0.717, 1.165) is 16.1 Å². The van der Waals surface area contributed by atoms with Crippen molar-refractivity contribution < 1.29 is 9.94 Å². The standard InChI is InChI=1S/C22H20N4O2S/c1-28-19-12-6-5-10-18(19)25-22-16(14-23)21(24)20(29-22)13-7-11-17(26-27)15-8-3-2-4-9-15/h2-12,25,27H,13,24H2,1H3/b11-7+,26-17+. The highest BCUT2D eigenvalue weighted by molar-refractivity contribution is 7.17. The van der Waals surface area contributed by atoms with Crippen LogP contribution in [0.2, 0.25) is 0 Å². The zero-order valence-electron chi connectivity index (χ0n) is 15.8. The molecule has 3 aromatic rings. The van der Waals surface area contributed by atoms with Crippen LogP contribution >= 0.6 is 11.3 Å². The van der Waals surface area contributed by atoms with Crippen molar-refractivity contribution in [3.8, 4) is 11.8 Å². The van der Waals surface area contributed by atoms with E-state index in [1.165, 1.54) is 11.3 Å². The molecule has 0 aliphatic heterocycles. The third-order valence-corrected chi connectivity index (χ3v) is 5.39. The number of nitrogens with two attached hydrogens (primary N) is 1. The van der Waals surface area contributed by atoms with Gasteiger partial charge in [0.05, 0.1) is 18.5 Å². The topological polar surface area (TPSA) is 104 Å². The number of methoxy groups -OCH3 is 1. The van der Waals surface area contributed by atoms with E-state index >= 15 is 0 Å². The molecule has 0 radical (unpaired) electrons. The number of allylic oxidation sites excluding steroid dienone is 2. The van der Waals surface area contributed by atoms with Crippen molar-refractivity contribution in [3.05, 3.63) is 82.8 Å². The Hall–Kier alpha value is -3.76. The lowest BCUT2D eigenvalue weighted by Gasteiger charge is -2.09. The molecule has 29 heavy (non-hydrogen) atoms. The first-order valence-corrected chi connectivity index (χ1v) is 9.64. The van der Waals surface area contributed by atoms with E-state index in [9.17, 15) is 10.5 Å². The molecule has 0 amide bonds. The minimum Gasteiger partial charge on any atom is -0.495 e. The number of ether oxygens (including phenoxy) is 1. The van der Waals surface area contributed by atoms with Crippen molar-refractivity contribution in [2.24, 2.45) is 5.16 Å². The molecule has 0 saturated carbocycles. The molecule has 4 N–H and O–H groups in total. The van der Waals surface area contributed by atoms with Crippen LogP contribution in [-0.4, -0.2) is 18.0 Å². The van der Waals surface area contributed by atoms with Crippen LogP contribution in [0.25, 0.3) is 0 Å². The van der Waals surface area contributed by atoms with E-state index in [1.807, 2.05) is 60.7 Å². The van der Waals surface area contributed by atoms with Crippen LogP contribution in [0, 0.1) is 11.3 Å². The molecule has 146 valence electrons. The third-order valence-electron chi connectivity index (χ3n) is 4.25. The van der Waals surface area contributed by atoms with Crippen LogP contribution in [0.15, 0.2) is 71.9 Å². The van der Waals surface area contributed by atoms with Gasteiger partial charge in [0.1, 0.15) is 28.1 Å². The van der Waals surface area contributed by atoms with Gasteiger partial charge in [-0.3, -0.25) is 0 Å². The maximum atomic E-state index is 9.55. The highest BCUT2D eigenvalue weighted by Crippen LogP contribution is 2.39. The van der Waals surface area contributed by atoms with Gasteiger partial charge in [-0.05, 0) is 18.2 Å². The molecule has 1 aromatic heterocycles. The number of nitriles is 1. The second-order valence-corrected chi connectivity index (χ2v) is 7.14. The fourth-order valence-electron chi connectivity index (χ4n) is 2.79. The smallest absolute Gasteiger partial charge is 0.142 e. The fourth-order valence-corrected chi connectivity index (χ4v) is 3.84. The van der Waals surface area contributed by atoms with Gasteiger partial charge < -0.3 is 21.0 Å². The Kier molecular flexibility index (Phi) is 6.51. The number of hydrogen-bond donors (Lipinski definition) is 3. The summed E-state index contributed by atoms with van der Waals surface area (Å²) in [6.45, 7) is 0. The van der Waals surface area contributed by atoms with E-state index in [2.05, 4.69) is 16.5 Å². The predicted molar refractivity (Wildman–Crippen MR) is 117 cm³/mol. The summed E-state index contributed by atoms with van der Waals surface area (Å²) in [7, 11) is 1.59. The number of anilines is 3. The van der Waals surface area contributed by atoms with Crippen LogP contribution in [0.4, 0.5) is 16.4 Å². The van der Waals surface area contributed by atoms with E-state index < -0.39 is 0 Å². The Morgan fingerprint density at radius 3 is 2.66 bits per heavy atom. The van der Waals surface area contributed by atoms with Crippen molar-refractivity contribution in [3.63, 3.8) is 0 Å². The summed E-state index contributed by atoms with van der Waals surface area (Å²) in [5.41, 5.74) is 9.07. The van der Waals surface area contributed by atoms with E-state index in [-0.39, 0.29) is 0 Å². The first-order valence-electron chi connectivity index (χ1n) is 8.83. The fraction of sp³-hybridized carbons (Fsp3) is 0.0909. The molecule has 0 aliphatic rings. The van der Waals surface area contributed by atoms with Gasteiger partial charge in [0, 0.05) is 16.9 Å². The average molecular weight is 404 g/mol. The Bertz CT molecular complexity index is 1080. The summed E-state index contributed by atoms with van der Waals surface area (Å²) in [5.74, 6) is 0.677. The molecule has 0 spiro atoms. The van der Waals surface area contributed by atoms with Gasteiger partial charge in [0.25, 0.3) is 0 Å². The van der Waals surface area contributed by atoms with Crippen LogP contribution < -0.4 is 15.8 Å². The molecule has 0 atom stereocenters. The lowest BCUT2D eigenvalue weighted by atomic mass is 10.1. The molecule has 3 rings (SSSR count). The van der Waals surface area contributed by atoms with Gasteiger partial charge in [-0.25, -0.2) is 0 Å². The maximum absolute atomic E-state index is 9.55. The number of nitrogens with zero attached hydrogens (tertiary/aromatic N) is 2.